The molecule has 1 saturated carbocycles. The lowest BCUT2D eigenvalue weighted by atomic mass is 10.0. The number of aromatic nitrogens is 4. The van der Waals surface area contributed by atoms with E-state index in [2.05, 4.69) is 21.9 Å². The predicted molar refractivity (Wildman–Crippen MR) is 113 cm³/mol. The Kier molecular flexibility index (Phi) is 4.58. The van der Waals surface area contributed by atoms with Crippen molar-refractivity contribution in [1.29, 1.82) is 0 Å². The van der Waals surface area contributed by atoms with Crippen molar-refractivity contribution >= 4 is 34.1 Å². The summed E-state index contributed by atoms with van der Waals surface area (Å²) in [6.45, 7) is 7.83. The molecule has 0 unspecified atom stereocenters. The fraction of sp³-hybridized carbons (Fsp3) is 0.333. The van der Waals surface area contributed by atoms with Gasteiger partial charge in [0.25, 0.3) is 5.56 Å². The van der Waals surface area contributed by atoms with Crippen molar-refractivity contribution in [2.75, 3.05) is 11.1 Å². The summed E-state index contributed by atoms with van der Waals surface area (Å²) in [7, 11) is 0. The van der Waals surface area contributed by atoms with Crippen molar-refractivity contribution in [3.63, 3.8) is 0 Å². The molecule has 3 aromatic rings. The largest absolute Gasteiger partial charge is 0.397 e. The Balaban J connectivity index is 1.90. The minimum absolute atomic E-state index is 0.0142. The fourth-order valence-electron chi connectivity index (χ4n) is 3.99. The van der Waals surface area contributed by atoms with Gasteiger partial charge < -0.3 is 11.1 Å². The lowest BCUT2D eigenvalue weighted by Gasteiger charge is -2.20. The smallest absolute Gasteiger partial charge is 0.260 e. The van der Waals surface area contributed by atoms with Gasteiger partial charge in [0.2, 0.25) is 5.95 Å². The van der Waals surface area contributed by atoms with Gasteiger partial charge in [0.15, 0.2) is 0 Å². The second kappa shape index (κ2) is 7.07. The van der Waals surface area contributed by atoms with Crippen LogP contribution < -0.4 is 16.6 Å². The molecule has 3 aromatic heterocycles. The number of allylic oxidation sites excluding steroid dienone is 1. The van der Waals surface area contributed by atoms with E-state index < -0.39 is 0 Å². The van der Waals surface area contributed by atoms with E-state index in [1.54, 1.807) is 24.5 Å². The number of nitrogens with one attached hydrogen (secondary N) is 1. The Hall–Kier alpha value is -3.22. The minimum atomic E-state index is -0.0142. The second-order valence-corrected chi connectivity index (χ2v) is 7.43. The number of nitrogen functional groups attached to an aromatic ring is 1. The number of pyridine rings is 2. The number of hydrogen-bond donors (Lipinski definition) is 2. The molecule has 0 amide bonds. The molecule has 0 aromatic carbocycles. The monoisotopic (exact) mass is 376 g/mol. The molecule has 7 nitrogen and oxygen atoms in total. The maximum Gasteiger partial charge on any atom is 0.260 e. The quantitative estimate of drug-likeness (QED) is 0.715. The molecule has 1 aliphatic carbocycles. The first kappa shape index (κ1) is 18.2. The van der Waals surface area contributed by atoms with Crippen LogP contribution in [-0.4, -0.2) is 19.5 Å². The van der Waals surface area contributed by atoms with Crippen LogP contribution in [0.3, 0.4) is 0 Å². The van der Waals surface area contributed by atoms with Crippen molar-refractivity contribution in [2.45, 2.75) is 45.6 Å². The van der Waals surface area contributed by atoms with Crippen molar-refractivity contribution in [3.05, 3.63) is 52.6 Å². The van der Waals surface area contributed by atoms with Crippen LogP contribution in [0.5, 0.6) is 0 Å². The van der Waals surface area contributed by atoms with E-state index in [4.69, 9.17) is 10.7 Å². The predicted octanol–water partition coefficient (Wildman–Crippen LogP) is 3.97. The summed E-state index contributed by atoms with van der Waals surface area (Å²) >= 11 is 0. The van der Waals surface area contributed by atoms with E-state index in [9.17, 15) is 4.79 Å². The number of nitrogens with zero attached hydrogens (tertiary/aromatic N) is 4. The molecule has 144 valence electrons. The third-order valence-electron chi connectivity index (χ3n) is 5.35. The van der Waals surface area contributed by atoms with Crippen molar-refractivity contribution < 1.29 is 0 Å². The Morgan fingerprint density at radius 1 is 1.25 bits per heavy atom. The summed E-state index contributed by atoms with van der Waals surface area (Å²) < 4.78 is 1.85. The zero-order chi connectivity index (χ0) is 19.8. The Bertz CT molecular complexity index is 1110. The van der Waals surface area contributed by atoms with Crippen molar-refractivity contribution in [1.82, 2.24) is 19.5 Å². The molecule has 0 bridgehead atoms. The maximum absolute atomic E-state index is 13.3. The first-order valence-corrected chi connectivity index (χ1v) is 9.52. The lowest BCUT2D eigenvalue weighted by Crippen LogP contribution is -2.28. The van der Waals surface area contributed by atoms with Crippen LogP contribution in [0.4, 0.5) is 17.5 Å². The summed E-state index contributed by atoms with van der Waals surface area (Å²) in [5.41, 5.74) is 9.23. The van der Waals surface area contributed by atoms with E-state index >= 15 is 0 Å². The number of nitrogens with two attached hydrogens (primary N) is 1. The molecule has 1 aliphatic rings. The van der Waals surface area contributed by atoms with Crippen LogP contribution in [0.2, 0.25) is 0 Å². The van der Waals surface area contributed by atoms with Gasteiger partial charge in [0.1, 0.15) is 11.5 Å². The summed E-state index contributed by atoms with van der Waals surface area (Å²) in [6.07, 6.45) is 7.57. The summed E-state index contributed by atoms with van der Waals surface area (Å²) in [4.78, 5) is 26.7. The van der Waals surface area contributed by atoms with Gasteiger partial charge in [-0.25, -0.2) is 9.97 Å². The Morgan fingerprint density at radius 3 is 2.64 bits per heavy atom. The molecule has 7 heteroatoms. The number of aryl methyl sites for hydroxylation is 1. The molecular weight excluding hydrogens is 352 g/mol. The molecule has 0 spiro atoms. The second-order valence-electron chi connectivity index (χ2n) is 7.43. The number of anilines is 3. The topological polar surface area (TPSA) is 98.7 Å². The first-order chi connectivity index (χ1) is 13.5. The molecule has 0 saturated heterocycles. The van der Waals surface area contributed by atoms with Crippen LogP contribution in [0.25, 0.3) is 16.6 Å². The van der Waals surface area contributed by atoms with Gasteiger partial charge >= 0.3 is 0 Å². The van der Waals surface area contributed by atoms with Gasteiger partial charge in [-0.3, -0.25) is 9.36 Å². The molecule has 0 atom stereocenters. The van der Waals surface area contributed by atoms with Crippen molar-refractivity contribution in [2.24, 2.45) is 0 Å². The Labute approximate surface area is 163 Å². The highest BCUT2D eigenvalue weighted by Crippen LogP contribution is 2.32. The Morgan fingerprint density at radius 2 is 2.00 bits per heavy atom. The van der Waals surface area contributed by atoms with Gasteiger partial charge in [0, 0.05) is 23.2 Å². The summed E-state index contributed by atoms with van der Waals surface area (Å²) in [5, 5.41) is 3.97. The third kappa shape index (κ3) is 3.13. The van der Waals surface area contributed by atoms with Crippen LogP contribution in [0.15, 0.2) is 35.9 Å². The van der Waals surface area contributed by atoms with Crippen LogP contribution in [-0.2, 0) is 0 Å². The lowest BCUT2D eigenvalue weighted by molar-refractivity contribution is 0.515. The maximum atomic E-state index is 13.3. The zero-order valence-corrected chi connectivity index (χ0v) is 16.2. The van der Waals surface area contributed by atoms with Crippen molar-refractivity contribution in [3.8, 4) is 0 Å². The van der Waals surface area contributed by atoms with Gasteiger partial charge in [0.05, 0.1) is 11.9 Å². The summed E-state index contributed by atoms with van der Waals surface area (Å²) in [5.74, 6) is 0.997. The normalized spacial score (nSPS) is 14.5. The van der Waals surface area contributed by atoms with E-state index in [0.717, 1.165) is 42.2 Å². The first-order valence-electron chi connectivity index (χ1n) is 9.52. The molecule has 3 heterocycles. The number of rotatable bonds is 4. The van der Waals surface area contributed by atoms with Crippen LogP contribution in [0, 0.1) is 6.92 Å². The SMILES string of the molecule is C=C(C)c1c(C)c2cnc(Nc3ccc(N)cn3)nc2n(C2CCCC2)c1=O. The van der Waals surface area contributed by atoms with Crippen LogP contribution in [0.1, 0.15) is 49.8 Å². The summed E-state index contributed by atoms with van der Waals surface area (Å²) in [6, 6.07) is 3.68. The van der Waals surface area contributed by atoms with Gasteiger partial charge in [-0.1, -0.05) is 19.4 Å². The highest BCUT2D eigenvalue weighted by atomic mass is 16.1. The van der Waals surface area contributed by atoms with E-state index in [0.29, 0.717) is 28.7 Å². The fourth-order valence-corrected chi connectivity index (χ4v) is 3.99. The number of hydrogen-bond acceptors (Lipinski definition) is 6. The average Bonchev–Trinajstić information content (AvgIpc) is 3.17. The molecule has 4 rings (SSSR count). The van der Waals surface area contributed by atoms with Gasteiger partial charge in [-0.2, -0.15) is 4.98 Å². The zero-order valence-electron chi connectivity index (χ0n) is 16.2. The van der Waals surface area contributed by atoms with E-state index in [1.165, 1.54) is 0 Å². The van der Waals surface area contributed by atoms with Gasteiger partial charge in [-0.05, 0) is 50.0 Å². The highest BCUT2D eigenvalue weighted by molar-refractivity contribution is 5.84. The third-order valence-corrected chi connectivity index (χ3v) is 5.35. The highest BCUT2D eigenvalue weighted by Gasteiger charge is 2.24. The molecule has 3 N–H and O–H groups in total. The average molecular weight is 376 g/mol. The van der Waals surface area contributed by atoms with Gasteiger partial charge in [-0.15, -0.1) is 0 Å². The molecule has 0 radical (unpaired) electrons. The van der Waals surface area contributed by atoms with E-state index in [1.807, 2.05) is 18.4 Å². The molecule has 0 aliphatic heterocycles. The molecule has 28 heavy (non-hydrogen) atoms. The van der Waals surface area contributed by atoms with E-state index in [-0.39, 0.29) is 11.6 Å². The standard InChI is InChI=1S/C21H24N6O/c1-12(2)18-13(3)16-11-24-21(25-17-9-8-14(22)10-23-17)26-19(16)27(20(18)28)15-6-4-5-7-15/h8-11,15H,1,4-7,22H2,2-3H3,(H,23,24,25,26). The number of fused-ring (bicyclic) bond motifs is 1. The van der Waals surface area contributed by atoms with Crippen LogP contribution >= 0.6 is 0 Å². The molecule has 1 fully saturated rings. The molecular formula is C21H24N6O. The minimum Gasteiger partial charge on any atom is -0.397 e.